The Balaban J connectivity index is 2.17. The SMILES string of the molecule is CC(C)(O)[C@H]1Cc2c(O)cc(O)cc2[C@H](O)[C@H]1c1ccccc1. The van der Waals surface area contributed by atoms with E-state index in [2.05, 4.69) is 0 Å². The highest BCUT2D eigenvalue weighted by Crippen LogP contribution is 2.50. The standard InChI is InChI=1S/C19H22O4/c1-19(2,23)15-10-13-14(8-12(20)9-16(13)21)18(22)17(15)11-6-4-3-5-7-11/h3-9,15,17-18,20-23H,10H2,1-2H3/t15-,17-,18-/m0/s1. The average molecular weight is 314 g/mol. The summed E-state index contributed by atoms with van der Waals surface area (Å²) in [6.45, 7) is 3.45. The van der Waals surface area contributed by atoms with E-state index >= 15 is 0 Å². The van der Waals surface area contributed by atoms with Crippen molar-refractivity contribution >= 4 is 0 Å². The van der Waals surface area contributed by atoms with Crippen molar-refractivity contribution in [2.24, 2.45) is 5.92 Å². The molecule has 2 aromatic carbocycles. The Morgan fingerprint density at radius 1 is 1.04 bits per heavy atom. The van der Waals surface area contributed by atoms with Crippen LogP contribution in [0.3, 0.4) is 0 Å². The molecule has 0 aromatic heterocycles. The topological polar surface area (TPSA) is 80.9 Å². The zero-order chi connectivity index (χ0) is 16.8. The summed E-state index contributed by atoms with van der Waals surface area (Å²) in [6, 6.07) is 12.3. The van der Waals surface area contributed by atoms with Crippen LogP contribution in [0.1, 0.15) is 42.6 Å². The van der Waals surface area contributed by atoms with Crippen molar-refractivity contribution in [2.45, 2.75) is 37.9 Å². The van der Waals surface area contributed by atoms with Gasteiger partial charge in [-0.15, -0.1) is 0 Å². The minimum Gasteiger partial charge on any atom is -0.508 e. The van der Waals surface area contributed by atoms with Crippen LogP contribution in [0, 0.1) is 5.92 Å². The van der Waals surface area contributed by atoms with Crippen molar-refractivity contribution in [3.05, 3.63) is 59.2 Å². The zero-order valence-corrected chi connectivity index (χ0v) is 13.3. The maximum atomic E-state index is 10.9. The lowest BCUT2D eigenvalue weighted by atomic mass is 9.65. The van der Waals surface area contributed by atoms with E-state index in [0.29, 0.717) is 17.5 Å². The summed E-state index contributed by atoms with van der Waals surface area (Å²) in [6.07, 6.45) is -0.475. The van der Waals surface area contributed by atoms with Gasteiger partial charge in [0, 0.05) is 23.5 Å². The van der Waals surface area contributed by atoms with E-state index < -0.39 is 11.7 Å². The summed E-state index contributed by atoms with van der Waals surface area (Å²) >= 11 is 0. The summed E-state index contributed by atoms with van der Waals surface area (Å²) in [5, 5.41) is 41.4. The first-order chi connectivity index (χ1) is 10.8. The van der Waals surface area contributed by atoms with E-state index in [-0.39, 0.29) is 23.3 Å². The maximum absolute atomic E-state index is 10.9. The lowest BCUT2D eigenvalue weighted by Crippen LogP contribution is -2.41. The normalized spacial score (nSPS) is 24.3. The molecule has 122 valence electrons. The molecular weight excluding hydrogens is 292 g/mol. The summed E-state index contributed by atoms with van der Waals surface area (Å²) in [5.41, 5.74) is 1.02. The number of aliphatic hydroxyl groups is 2. The molecule has 3 rings (SSSR count). The Morgan fingerprint density at radius 2 is 1.70 bits per heavy atom. The van der Waals surface area contributed by atoms with Crippen LogP contribution in [0.15, 0.2) is 42.5 Å². The first-order valence-electron chi connectivity index (χ1n) is 7.79. The van der Waals surface area contributed by atoms with Gasteiger partial charge in [0.1, 0.15) is 11.5 Å². The summed E-state index contributed by atoms with van der Waals surface area (Å²) in [4.78, 5) is 0. The van der Waals surface area contributed by atoms with Gasteiger partial charge in [-0.25, -0.2) is 0 Å². The molecule has 0 unspecified atom stereocenters. The molecule has 0 heterocycles. The van der Waals surface area contributed by atoms with E-state index in [1.165, 1.54) is 12.1 Å². The number of fused-ring (bicyclic) bond motifs is 1. The van der Waals surface area contributed by atoms with Crippen molar-refractivity contribution in [3.63, 3.8) is 0 Å². The lowest BCUT2D eigenvalue weighted by Gasteiger charge is -2.43. The Hall–Kier alpha value is -2.04. The molecule has 4 nitrogen and oxygen atoms in total. The van der Waals surface area contributed by atoms with Crippen molar-refractivity contribution in [1.29, 1.82) is 0 Å². The molecule has 0 saturated heterocycles. The van der Waals surface area contributed by atoms with Gasteiger partial charge in [0.25, 0.3) is 0 Å². The minimum atomic E-state index is -1.02. The predicted molar refractivity (Wildman–Crippen MR) is 87.4 cm³/mol. The second kappa shape index (κ2) is 5.55. The highest BCUT2D eigenvalue weighted by Gasteiger charge is 2.44. The Kier molecular flexibility index (Phi) is 3.82. The minimum absolute atomic E-state index is 0.0418. The molecule has 2 aromatic rings. The summed E-state index contributed by atoms with van der Waals surface area (Å²) < 4.78 is 0. The van der Waals surface area contributed by atoms with E-state index in [4.69, 9.17) is 0 Å². The molecule has 4 heteroatoms. The number of aromatic hydroxyl groups is 2. The van der Waals surface area contributed by atoms with Gasteiger partial charge in [0.05, 0.1) is 11.7 Å². The number of phenolic OH excluding ortho intramolecular Hbond substituents is 2. The van der Waals surface area contributed by atoms with Crippen LogP contribution >= 0.6 is 0 Å². The summed E-state index contributed by atoms with van der Waals surface area (Å²) in [5.74, 6) is -0.693. The number of hydrogen-bond donors (Lipinski definition) is 4. The van der Waals surface area contributed by atoms with E-state index in [9.17, 15) is 20.4 Å². The van der Waals surface area contributed by atoms with Crippen molar-refractivity contribution < 1.29 is 20.4 Å². The second-order valence-corrected chi connectivity index (χ2v) is 6.88. The van der Waals surface area contributed by atoms with Crippen molar-refractivity contribution in [3.8, 4) is 11.5 Å². The van der Waals surface area contributed by atoms with Crippen LogP contribution in [0.25, 0.3) is 0 Å². The Labute approximate surface area is 135 Å². The summed E-state index contributed by atoms with van der Waals surface area (Å²) in [7, 11) is 0. The van der Waals surface area contributed by atoms with Crippen LogP contribution < -0.4 is 0 Å². The van der Waals surface area contributed by atoms with Gasteiger partial charge in [0.2, 0.25) is 0 Å². The number of aliphatic hydroxyl groups excluding tert-OH is 1. The van der Waals surface area contributed by atoms with Crippen LogP contribution in [0.5, 0.6) is 11.5 Å². The third kappa shape index (κ3) is 2.80. The smallest absolute Gasteiger partial charge is 0.122 e. The fourth-order valence-corrected chi connectivity index (χ4v) is 3.69. The van der Waals surface area contributed by atoms with Gasteiger partial charge in [-0.05, 0) is 37.5 Å². The number of phenols is 2. The molecule has 0 radical (unpaired) electrons. The highest BCUT2D eigenvalue weighted by atomic mass is 16.3. The molecule has 0 amide bonds. The first kappa shape index (κ1) is 15.8. The molecule has 1 aliphatic carbocycles. The zero-order valence-electron chi connectivity index (χ0n) is 13.3. The Morgan fingerprint density at radius 3 is 2.30 bits per heavy atom. The van der Waals surface area contributed by atoms with Gasteiger partial charge in [-0.1, -0.05) is 30.3 Å². The molecular formula is C19H22O4. The van der Waals surface area contributed by atoms with Crippen molar-refractivity contribution in [1.82, 2.24) is 0 Å². The third-order valence-corrected chi connectivity index (χ3v) is 4.85. The quantitative estimate of drug-likeness (QED) is 0.687. The maximum Gasteiger partial charge on any atom is 0.122 e. The lowest BCUT2D eigenvalue weighted by molar-refractivity contribution is -0.0300. The van der Waals surface area contributed by atoms with Crippen LogP contribution in [-0.4, -0.2) is 26.0 Å². The van der Waals surface area contributed by atoms with E-state index in [0.717, 1.165) is 5.56 Å². The van der Waals surface area contributed by atoms with Gasteiger partial charge in [-0.2, -0.15) is 0 Å². The molecule has 3 atom stereocenters. The van der Waals surface area contributed by atoms with Crippen LogP contribution in [-0.2, 0) is 6.42 Å². The van der Waals surface area contributed by atoms with Crippen LogP contribution in [0.2, 0.25) is 0 Å². The molecule has 23 heavy (non-hydrogen) atoms. The van der Waals surface area contributed by atoms with Crippen LogP contribution in [0.4, 0.5) is 0 Å². The van der Waals surface area contributed by atoms with E-state index in [1.807, 2.05) is 30.3 Å². The second-order valence-electron chi connectivity index (χ2n) is 6.88. The van der Waals surface area contributed by atoms with Gasteiger partial charge in [0.15, 0.2) is 0 Å². The Bertz CT molecular complexity index is 703. The molecule has 0 fully saturated rings. The fourth-order valence-electron chi connectivity index (χ4n) is 3.69. The van der Waals surface area contributed by atoms with Gasteiger partial charge < -0.3 is 20.4 Å². The average Bonchev–Trinajstić information content (AvgIpc) is 2.47. The van der Waals surface area contributed by atoms with Crippen molar-refractivity contribution in [2.75, 3.05) is 0 Å². The first-order valence-corrected chi connectivity index (χ1v) is 7.79. The van der Waals surface area contributed by atoms with E-state index in [1.54, 1.807) is 13.8 Å². The molecule has 0 saturated carbocycles. The number of benzene rings is 2. The molecule has 4 N–H and O–H groups in total. The predicted octanol–water partition coefficient (Wildman–Crippen LogP) is 2.86. The third-order valence-electron chi connectivity index (χ3n) is 4.85. The highest BCUT2D eigenvalue weighted by molar-refractivity contribution is 5.50. The number of rotatable bonds is 2. The molecule has 0 spiro atoms. The van der Waals surface area contributed by atoms with Gasteiger partial charge in [-0.3, -0.25) is 0 Å². The molecule has 0 aliphatic heterocycles. The molecule has 0 bridgehead atoms. The fraction of sp³-hybridized carbons (Fsp3) is 0.368. The number of hydrogen-bond acceptors (Lipinski definition) is 4. The van der Waals surface area contributed by atoms with Gasteiger partial charge >= 0.3 is 0 Å². The monoisotopic (exact) mass is 314 g/mol. The molecule has 1 aliphatic rings. The largest absolute Gasteiger partial charge is 0.508 e.